The molecule has 0 aromatic heterocycles. The summed E-state index contributed by atoms with van der Waals surface area (Å²) in [6, 6.07) is 12.1. The highest BCUT2D eigenvalue weighted by atomic mass is 35.5. The lowest BCUT2D eigenvalue weighted by Crippen LogP contribution is -2.32. The van der Waals surface area contributed by atoms with Crippen molar-refractivity contribution >= 4 is 52.4 Å². The van der Waals surface area contributed by atoms with E-state index < -0.39 is 5.97 Å². The number of benzene rings is 2. The van der Waals surface area contributed by atoms with Crippen LogP contribution in [0.25, 0.3) is 0 Å². The molecule has 0 radical (unpaired) electrons. The first-order valence-electron chi connectivity index (χ1n) is 7.40. The van der Waals surface area contributed by atoms with Gasteiger partial charge in [0.2, 0.25) is 5.91 Å². The lowest BCUT2D eigenvalue weighted by molar-refractivity contribution is -0.139. The number of halogens is 3. The maximum absolute atomic E-state index is 12.4. The van der Waals surface area contributed by atoms with Crippen molar-refractivity contribution < 1.29 is 14.3 Å². The van der Waals surface area contributed by atoms with Crippen LogP contribution in [0, 0.1) is 0 Å². The summed E-state index contributed by atoms with van der Waals surface area (Å²) >= 11 is 17.8. The van der Waals surface area contributed by atoms with Crippen molar-refractivity contribution in [2.75, 3.05) is 17.9 Å². The number of anilines is 1. The van der Waals surface area contributed by atoms with Gasteiger partial charge in [-0.1, -0.05) is 41.4 Å². The Balaban J connectivity index is 2.42. The summed E-state index contributed by atoms with van der Waals surface area (Å²) in [7, 11) is 1.31. The van der Waals surface area contributed by atoms with Gasteiger partial charge in [0.25, 0.3) is 0 Å². The van der Waals surface area contributed by atoms with E-state index >= 15 is 0 Å². The minimum atomic E-state index is -0.409. The van der Waals surface area contributed by atoms with Gasteiger partial charge in [0.05, 0.1) is 20.1 Å². The fourth-order valence-electron chi connectivity index (χ4n) is 2.32. The molecule has 2 aromatic rings. The Morgan fingerprint density at radius 2 is 1.68 bits per heavy atom. The summed E-state index contributed by atoms with van der Waals surface area (Å²) in [4.78, 5) is 25.6. The van der Waals surface area contributed by atoms with Crippen molar-refractivity contribution in [2.24, 2.45) is 0 Å². The number of esters is 1. The highest BCUT2D eigenvalue weighted by molar-refractivity contribution is 6.31. The van der Waals surface area contributed by atoms with E-state index in [1.54, 1.807) is 30.3 Å². The Morgan fingerprint density at radius 1 is 1.04 bits per heavy atom. The maximum Gasteiger partial charge on any atom is 0.310 e. The SMILES string of the molecule is COC(=O)Cc1ccc(Cl)cc1N(Cc1ccc(Cl)cc1)C(=O)CCl. The van der Waals surface area contributed by atoms with Gasteiger partial charge >= 0.3 is 5.97 Å². The second kappa shape index (κ2) is 9.09. The number of hydrogen-bond acceptors (Lipinski definition) is 3. The van der Waals surface area contributed by atoms with E-state index in [-0.39, 0.29) is 24.8 Å². The average molecular weight is 401 g/mol. The molecular formula is C18H16Cl3NO3. The van der Waals surface area contributed by atoms with Crippen LogP contribution in [-0.2, 0) is 27.3 Å². The van der Waals surface area contributed by atoms with E-state index in [0.29, 0.717) is 21.3 Å². The monoisotopic (exact) mass is 399 g/mol. The summed E-state index contributed by atoms with van der Waals surface area (Å²) in [6.07, 6.45) is 0.0235. The molecule has 0 aliphatic carbocycles. The van der Waals surface area contributed by atoms with Crippen molar-refractivity contribution in [3.05, 3.63) is 63.6 Å². The molecule has 132 valence electrons. The normalized spacial score (nSPS) is 10.4. The lowest BCUT2D eigenvalue weighted by atomic mass is 10.1. The Morgan fingerprint density at radius 3 is 2.28 bits per heavy atom. The third kappa shape index (κ3) is 5.36. The molecule has 0 aliphatic heterocycles. The summed E-state index contributed by atoms with van der Waals surface area (Å²) in [5.41, 5.74) is 2.02. The van der Waals surface area contributed by atoms with Gasteiger partial charge in [-0.2, -0.15) is 0 Å². The number of carbonyl (C=O) groups is 2. The molecule has 2 aromatic carbocycles. The zero-order chi connectivity index (χ0) is 18.4. The van der Waals surface area contributed by atoms with Crippen LogP contribution < -0.4 is 4.90 Å². The predicted octanol–water partition coefficient (Wildman–Crippen LogP) is 4.48. The Kier molecular flexibility index (Phi) is 7.12. The highest BCUT2D eigenvalue weighted by Crippen LogP contribution is 2.28. The molecule has 7 heteroatoms. The van der Waals surface area contributed by atoms with Gasteiger partial charge in [-0.25, -0.2) is 0 Å². The molecule has 0 atom stereocenters. The van der Waals surface area contributed by atoms with Crippen LogP contribution in [0.5, 0.6) is 0 Å². The fraction of sp³-hybridized carbons (Fsp3) is 0.222. The van der Waals surface area contributed by atoms with Crippen molar-refractivity contribution in [3.8, 4) is 0 Å². The molecule has 0 saturated heterocycles. The zero-order valence-corrected chi connectivity index (χ0v) is 15.7. The number of hydrogen-bond donors (Lipinski definition) is 0. The number of nitrogens with zero attached hydrogens (tertiary/aromatic N) is 1. The Labute approximate surface area is 161 Å². The first-order valence-corrected chi connectivity index (χ1v) is 8.69. The van der Waals surface area contributed by atoms with Crippen LogP contribution >= 0.6 is 34.8 Å². The molecule has 25 heavy (non-hydrogen) atoms. The number of rotatable bonds is 6. The van der Waals surface area contributed by atoms with Gasteiger partial charge in [0.1, 0.15) is 5.88 Å². The van der Waals surface area contributed by atoms with E-state index in [0.717, 1.165) is 5.56 Å². The first-order chi connectivity index (χ1) is 11.9. The van der Waals surface area contributed by atoms with Crippen molar-refractivity contribution in [2.45, 2.75) is 13.0 Å². The molecule has 0 heterocycles. The molecule has 0 aliphatic rings. The van der Waals surface area contributed by atoms with Crippen LogP contribution in [0.15, 0.2) is 42.5 Å². The van der Waals surface area contributed by atoms with E-state index in [2.05, 4.69) is 0 Å². The average Bonchev–Trinajstić information content (AvgIpc) is 2.62. The quantitative estimate of drug-likeness (QED) is 0.530. The van der Waals surface area contributed by atoms with Crippen LogP contribution in [0.3, 0.4) is 0 Å². The van der Waals surface area contributed by atoms with Crippen molar-refractivity contribution in [1.82, 2.24) is 0 Å². The number of ether oxygens (including phenoxy) is 1. The summed E-state index contributed by atoms with van der Waals surface area (Å²) in [5.74, 6) is -0.907. The number of methoxy groups -OCH3 is 1. The number of carbonyl (C=O) groups excluding carboxylic acids is 2. The molecule has 0 saturated carbocycles. The first kappa shape index (κ1) is 19.6. The minimum Gasteiger partial charge on any atom is -0.469 e. The fourth-order valence-corrected chi connectivity index (χ4v) is 2.75. The van der Waals surface area contributed by atoms with Gasteiger partial charge in [0.15, 0.2) is 0 Å². The number of alkyl halides is 1. The molecule has 2 rings (SSSR count). The third-order valence-electron chi connectivity index (χ3n) is 3.57. The maximum atomic E-state index is 12.4. The molecule has 1 amide bonds. The second-order valence-corrected chi connectivity index (χ2v) is 6.41. The molecular weight excluding hydrogens is 385 g/mol. The molecule has 4 nitrogen and oxygen atoms in total. The smallest absolute Gasteiger partial charge is 0.310 e. The van der Waals surface area contributed by atoms with Crippen molar-refractivity contribution in [1.29, 1.82) is 0 Å². The summed E-state index contributed by atoms with van der Waals surface area (Å²) in [6.45, 7) is 0.275. The summed E-state index contributed by atoms with van der Waals surface area (Å²) < 4.78 is 4.72. The van der Waals surface area contributed by atoms with E-state index in [4.69, 9.17) is 39.5 Å². The van der Waals surface area contributed by atoms with Gasteiger partial charge in [-0.15, -0.1) is 11.6 Å². The van der Waals surface area contributed by atoms with Crippen LogP contribution in [0.1, 0.15) is 11.1 Å². The van der Waals surface area contributed by atoms with E-state index in [1.807, 2.05) is 12.1 Å². The van der Waals surface area contributed by atoms with Crippen LogP contribution in [-0.4, -0.2) is 24.9 Å². The topological polar surface area (TPSA) is 46.6 Å². The second-order valence-electron chi connectivity index (χ2n) is 5.27. The van der Waals surface area contributed by atoms with E-state index in [1.165, 1.54) is 12.0 Å². The Hall–Kier alpha value is -1.75. The van der Waals surface area contributed by atoms with Gasteiger partial charge in [0, 0.05) is 15.7 Å². The standard InChI is InChI=1S/C18H16Cl3NO3/c1-25-18(24)8-13-4-7-15(21)9-16(13)22(17(23)10-19)11-12-2-5-14(20)6-3-12/h2-7,9H,8,10-11H2,1H3. The third-order valence-corrected chi connectivity index (χ3v) is 4.29. The van der Waals surface area contributed by atoms with Crippen LogP contribution in [0.4, 0.5) is 5.69 Å². The van der Waals surface area contributed by atoms with Gasteiger partial charge in [-0.05, 0) is 35.4 Å². The molecule has 0 spiro atoms. The highest BCUT2D eigenvalue weighted by Gasteiger charge is 2.20. The van der Waals surface area contributed by atoms with Crippen LogP contribution in [0.2, 0.25) is 10.0 Å². The zero-order valence-electron chi connectivity index (χ0n) is 13.5. The largest absolute Gasteiger partial charge is 0.469 e. The molecule has 0 N–H and O–H groups in total. The summed E-state index contributed by atoms with van der Waals surface area (Å²) in [5, 5.41) is 1.06. The Bertz CT molecular complexity index is 763. The van der Waals surface area contributed by atoms with E-state index in [9.17, 15) is 9.59 Å². The van der Waals surface area contributed by atoms with Gasteiger partial charge in [-0.3, -0.25) is 9.59 Å². The predicted molar refractivity (Wildman–Crippen MR) is 101 cm³/mol. The lowest BCUT2D eigenvalue weighted by Gasteiger charge is -2.25. The molecule has 0 fully saturated rings. The minimum absolute atomic E-state index is 0.0235. The number of amides is 1. The molecule has 0 unspecified atom stereocenters. The van der Waals surface area contributed by atoms with Gasteiger partial charge < -0.3 is 9.64 Å². The molecule has 0 bridgehead atoms. The van der Waals surface area contributed by atoms with Crippen molar-refractivity contribution in [3.63, 3.8) is 0 Å².